The van der Waals surface area contributed by atoms with Crippen LogP contribution in [0.3, 0.4) is 0 Å². The first-order valence-electron chi connectivity index (χ1n) is 8.58. The molecule has 0 unspecified atom stereocenters. The Labute approximate surface area is 140 Å². The first-order chi connectivity index (χ1) is 11.0. The van der Waals surface area contributed by atoms with Gasteiger partial charge < -0.3 is 15.7 Å². The molecule has 0 aliphatic rings. The van der Waals surface area contributed by atoms with Crippen molar-refractivity contribution in [3.63, 3.8) is 0 Å². The van der Waals surface area contributed by atoms with Gasteiger partial charge in [-0.15, -0.1) is 0 Å². The van der Waals surface area contributed by atoms with Crippen molar-refractivity contribution in [2.75, 3.05) is 6.54 Å². The second kappa shape index (κ2) is 14.0. The van der Waals surface area contributed by atoms with E-state index < -0.39 is 18.1 Å². The second-order valence-electron chi connectivity index (χ2n) is 5.69. The van der Waals surface area contributed by atoms with Crippen molar-refractivity contribution in [1.82, 2.24) is 10.6 Å². The van der Waals surface area contributed by atoms with E-state index in [4.69, 9.17) is 0 Å². The molecule has 0 aliphatic heterocycles. The van der Waals surface area contributed by atoms with E-state index in [1.165, 1.54) is 31.8 Å². The van der Waals surface area contributed by atoms with Crippen molar-refractivity contribution in [1.29, 1.82) is 0 Å². The molecule has 0 spiro atoms. The van der Waals surface area contributed by atoms with Gasteiger partial charge in [0.1, 0.15) is 0 Å². The SMILES string of the molecule is C/C=C/C=C/C(=O)N[C@@H](C)[C@@H](O)C(=O)NCCCCCCCC. The fourth-order valence-electron chi connectivity index (χ4n) is 2.05. The Bertz CT molecular complexity index is 392. The number of hydrogen-bond donors (Lipinski definition) is 3. The molecule has 2 atom stereocenters. The van der Waals surface area contributed by atoms with Crippen LogP contribution >= 0.6 is 0 Å². The van der Waals surface area contributed by atoms with Gasteiger partial charge in [0.15, 0.2) is 6.10 Å². The van der Waals surface area contributed by atoms with Gasteiger partial charge in [-0.2, -0.15) is 0 Å². The second-order valence-corrected chi connectivity index (χ2v) is 5.69. The summed E-state index contributed by atoms with van der Waals surface area (Å²) in [6, 6.07) is -0.637. The Hall–Kier alpha value is -1.62. The normalized spacial score (nSPS) is 14.1. The largest absolute Gasteiger partial charge is 0.381 e. The number of aliphatic hydroxyl groups excluding tert-OH is 1. The summed E-state index contributed by atoms with van der Waals surface area (Å²) in [5.74, 6) is -0.776. The monoisotopic (exact) mass is 324 g/mol. The highest BCUT2D eigenvalue weighted by atomic mass is 16.3. The molecule has 0 rings (SSSR count). The van der Waals surface area contributed by atoms with E-state index >= 15 is 0 Å². The zero-order valence-electron chi connectivity index (χ0n) is 14.7. The summed E-state index contributed by atoms with van der Waals surface area (Å²) in [6.45, 7) is 6.20. The number of hydrogen-bond acceptors (Lipinski definition) is 3. The molecule has 0 aliphatic carbocycles. The summed E-state index contributed by atoms with van der Waals surface area (Å²) in [5.41, 5.74) is 0. The van der Waals surface area contributed by atoms with Crippen LogP contribution < -0.4 is 10.6 Å². The molecule has 0 radical (unpaired) electrons. The summed E-state index contributed by atoms with van der Waals surface area (Å²) in [7, 11) is 0. The molecule has 23 heavy (non-hydrogen) atoms. The molecule has 3 N–H and O–H groups in total. The highest BCUT2D eigenvalue weighted by molar-refractivity contribution is 5.89. The molecule has 5 heteroatoms. The van der Waals surface area contributed by atoms with Gasteiger partial charge >= 0.3 is 0 Å². The molecular formula is C18H32N2O3. The maximum absolute atomic E-state index is 11.8. The van der Waals surface area contributed by atoms with E-state index in [0.717, 1.165) is 12.8 Å². The van der Waals surface area contributed by atoms with Crippen LogP contribution in [0, 0.1) is 0 Å². The standard InChI is InChI=1S/C18H32N2O3/c1-4-6-8-9-10-12-14-19-18(23)17(22)15(3)20-16(21)13-11-7-5-2/h5,7,11,13,15,17,22H,4,6,8-10,12,14H2,1-3H3,(H,19,23)(H,20,21)/b7-5+,13-11+/t15-,17+/m0/s1. The van der Waals surface area contributed by atoms with Gasteiger partial charge in [-0.25, -0.2) is 0 Å². The van der Waals surface area contributed by atoms with Crippen molar-refractivity contribution in [3.05, 3.63) is 24.3 Å². The van der Waals surface area contributed by atoms with Crippen LogP contribution in [0.2, 0.25) is 0 Å². The van der Waals surface area contributed by atoms with Gasteiger partial charge in [0.25, 0.3) is 5.91 Å². The van der Waals surface area contributed by atoms with Gasteiger partial charge in [-0.1, -0.05) is 57.3 Å². The predicted octanol–water partition coefficient (Wildman–Crippen LogP) is 2.46. The van der Waals surface area contributed by atoms with Crippen molar-refractivity contribution in [2.45, 2.75) is 71.4 Å². The summed E-state index contributed by atoms with van der Waals surface area (Å²) in [4.78, 5) is 23.4. The Morgan fingerprint density at radius 2 is 1.74 bits per heavy atom. The van der Waals surface area contributed by atoms with E-state index in [0.29, 0.717) is 6.54 Å². The van der Waals surface area contributed by atoms with Crippen LogP contribution in [0.1, 0.15) is 59.3 Å². The summed E-state index contributed by atoms with van der Waals surface area (Å²) < 4.78 is 0. The average Bonchev–Trinajstić information content (AvgIpc) is 2.53. The zero-order chi connectivity index (χ0) is 17.5. The number of unbranched alkanes of at least 4 members (excludes halogenated alkanes) is 5. The Balaban J connectivity index is 3.92. The lowest BCUT2D eigenvalue weighted by atomic mass is 10.1. The number of aliphatic hydroxyl groups is 1. The summed E-state index contributed by atoms with van der Waals surface area (Å²) in [5, 5.41) is 15.2. The molecule has 0 bridgehead atoms. The molecular weight excluding hydrogens is 292 g/mol. The lowest BCUT2D eigenvalue weighted by molar-refractivity contribution is -0.131. The van der Waals surface area contributed by atoms with Crippen molar-refractivity contribution in [3.8, 4) is 0 Å². The lowest BCUT2D eigenvalue weighted by Gasteiger charge is -2.19. The summed E-state index contributed by atoms with van der Waals surface area (Å²) >= 11 is 0. The summed E-state index contributed by atoms with van der Waals surface area (Å²) in [6.07, 6.45) is 12.1. The molecule has 0 aromatic carbocycles. The van der Waals surface area contributed by atoms with E-state index in [1.807, 2.05) is 6.92 Å². The van der Waals surface area contributed by atoms with Crippen LogP contribution in [0.5, 0.6) is 0 Å². The average molecular weight is 324 g/mol. The van der Waals surface area contributed by atoms with Crippen LogP contribution in [0.25, 0.3) is 0 Å². The van der Waals surface area contributed by atoms with Crippen LogP contribution in [-0.2, 0) is 9.59 Å². The van der Waals surface area contributed by atoms with Crippen molar-refractivity contribution < 1.29 is 14.7 Å². The van der Waals surface area contributed by atoms with Crippen LogP contribution in [0.15, 0.2) is 24.3 Å². The fraction of sp³-hybridized carbons (Fsp3) is 0.667. The smallest absolute Gasteiger partial charge is 0.250 e. The third kappa shape index (κ3) is 11.6. The third-order valence-corrected chi connectivity index (χ3v) is 3.49. The lowest BCUT2D eigenvalue weighted by Crippen LogP contribution is -2.48. The van der Waals surface area contributed by atoms with Gasteiger partial charge in [-0.05, 0) is 20.3 Å². The molecule has 0 saturated carbocycles. The molecule has 0 aromatic heterocycles. The van der Waals surface area contributed by atoms with Crippen molar-refractivity contribution >= 4 is 11.8 Å². The third-order valence-electron chi connectivity index (χ3n) is 3.49. The van der Waals surface area contributed by atoms with Crippen molar-refractivity contribution in [2.24, 2.45) is 0 Å². The molecule has 5 nitrogen and oxygen atoms in total. The Morgan fingerprint density at radius 3 is 2.39 bits per heavy atom. The predicted molar refractivity (Wildman–Crippen MR) is 94.0 cm³/mol. The Kier molecular flexibility index (Phi) is 13.0. The topological polar surface area (TPSA) is 78.4 Å². The Morgan fingerprint density at radius 1 is 1.09 bits per heavy atom. The minimum Gasteiger partial charge on any atom is -0.381 e. The molecule has 0 fully saturated rings. The first-order valence-corrected chi connectivity index (χ1v) is 8.58. The van der Waals surface area contributed by atoms with E-state index in [1.54, 1.807) is 25.2 Å². The van der Waals surface area contributed by atoms with Gasteiger partial charge in [-0.3, -0.25) is 9.59 Å². The van der Waals surface area contributed by atoms with Gasteiger partial charge in [0.2, 0.25) is 5.91 Å². The van der Waals surface area contributed by atoms with E-state index in [-0.39, 0.29) is 5.91 Å². The van der Waals surface area contributed by atoms with E-state index in [2.05, 4.69) is 17.6 Å². The number of nitrogens with one attached hydrogen (secondary N) is 2. The molecule has 0 heterocycles. The maximum atomic E-state index is 11.8. The molecule has 0 aromatic rings. The number of carbonyl (C=O) groups is 2. The van der Waals surface area contributed by atoms with Crippen LogP contribution in [-0.4, -0.2) is 35.6 Å². The number of amides is 2. The quantitative estimate of drug-likeness (QED) is 0.293. The zero-order valence-corrected chi connectivity index (χ0v) is 14.7. The first kappa shape index (κ1) is 21.4. The number of allylic oxidation sites excluding steroid dienone is 3. The minimum atomic E-state index is -1.24. The molecule has 0 saturated heterocycles. The fourth-order valence-corrected chi connectivity index (χ4v) is 2.05. The highest BCUT2D eigenvalue weighted by Gasteiger charge is 2.22. The van der Waals surface area contributed by atoms with E-state index in [9.17, 15) is 14.7 Å². The minimum absolute atomic E-state index is 0.335. The van der Waals surface area contributed by atoms with Gasteiger partial charge in [0, 0.05) is 12.6 Å². The molecule has 2 amide bonds. The van der Waals surface area contributed by atoms with Gasteiger partial charge in [0.05, 0.1) is 6.04 Å². The number of carbonyl (C=O) groups excluding carboxylic acids is 2. The highest BCUT2D eigenvalue weighted by Crippen LogP contribution is 2.04. The maximum Gasteiger partial charge on any atom is 0.250 e. The molecule has 132 valence electrons. The van der Waals surface area contributed by atoms with Crippen LogP contribution in [0.4, 0.5) is 0 Å². The number of rotatable bonds is 12.